The van der Waals surface area contributed by atoms with Crippen molar-refractivity contribution in [2.45, 2.75) is 46.2 Å². The van der Waals surface area contributed by atoms with Crippen molar-refractivity contribution in [3.05, 3.63) is 0 Å². The van der Waals surface area contributed by atoms with Crippen LogP contribution >= 0.6 is 11.8 Å². The van der Waals surface area contributed by atoms with Crippen LogP contribution in [0.4, 0.5) is 0 Å². The molecular formula is C14H30N2S. The fraction of sp³-hybridized carbons (Fsp3) is 1.00. The largest absolute Gasteiger partial charge is 0.311 e. The maximum absolute atomic E-state index is 3.69. The molecule has 17 heavy (non-hydrogen) atoms. The summed E-state index contributed by atoms with van der Waals surface area (Å²) in [6.45, 7) is 13.0. The summed E-state index contributed by atoms with van der Waals surface area (Å²) in [5.41, 5.74) is 0. The van der Waals surface area contributed by atoms with E-state index in [1.807, 2.05) is 11.8 Å². The lowest BCUT2D eigenvalue weighted by Gasteiger charge is -2.43. The zero-order valence-corrected chi connectivity index (χ0v) is 13.0. The maximum Gasteiger partial charge on any atom is 0.0244 e. The average Bonchev–Trinajstić information content (AvgIpc) is 2.28. The summed E-state index contributed by atoms with van der Waals surface area (Å²) in [6, 6.07) is 1.42. The van der Waals surface area contributed by atoms with Crippen molar-refractivity contribution in [2.24, 2.45) is 11.8 Å². The summed E-state index contributed by atoms with van der Waals surface area (Å²) in [5, 5.41) is 3.69. The van der Waals surface area contributed by atoms with E-state index in [1.54, 1.807) is 0 Å². The smallest absolute Gasteiger partial charge is 0.0244 e. The Bertz CT molecular complexity index is 208. The van der Waals surface area contributed by atoms with Crippen LogP contribution in [0.5, 0.6) is 0 Å². The lowest BCUT2D eigenvalue weighted by Crippen LogP contribution is -2.58. The molecule has 1 saturated heterocycles. The second-order valence-corrected chi connectivity index (χ2v) is 6.75. The van der Waals surface area contributed by atoms with Gasteiger partial charge in [0, 0.05) is 31.7 Å². The van der Waals surface area contributed by atoms with Crippen LogP contribution in [0.1, 0.15) is 34.1 Å². The van der Waals surface area contributed by atoms with Crippen LogP contribution in [0.3, 0.4) is 0 Å². The van der Waals surface area contributed by atoms with Gasteiger partial charge in [-0.15, -0.1) is 0 Å². The first-order valence-corrected chi connectivity index (χ1v) is 8.44. The third-order valence-electron chi connectivity index (χ3n) is 3.80. The number of rotatable bonds is 6. The third-order valence-corrected chi connectivity index (χ3v) is 4.70. The molecule has 102 valence electrons. The summed E-state index contributed by atoms with van der Waals surface area (Å²) in [6.07, 6.45) is 3.46. The molecule has 0 aromatic carbocycles. The van der Waals surface area contributed by atoms with Crippen LogP contribution < -0.4 is 5.32 Å². The highest BCUT2D eigenvalue weighted by atomic mass is 32.2. The number of piperazine rings is 1. The molecule has 3 atom stereocenters. The van der Waals surface area contributed by atoms with Gasteiger partial charge in [0.05, 0.1) is 0 Å². The van der Waals surface area contributed by atoms with Gasteiger partial charge in [0.25, 0.3) is 0 Å². The highest BCUT2D eigenvalue weighted by Gasteiger charge is 2.29. The average molecular weight is 258 g/mol. The molecule has 0 aromatic heterocycles. The first-order chi connectivity index (χ1) is 8.08. The molecule has 1 fully saturated rings. The zero-order chi connectivity index (χ0) is 12.8. The van der Waals surface area contributed by atoms with E-state index >= 15 is 0 Å². The Labute approximate surface area is 112 Å². The molecule has 2 nitrogen and oxygen atoms in total. The lowest BCUT2D eigenvalue weighted by molar-refractivity contribution is 0.0861. The van der Waals surface area contributed by atoms with Crippen LogP contribution in [0, 0.1) is 11.8 Å². The van der Waals surface area contributed by atoms with Crippen LogP contribution in [0.25, 0.3) is 0 Å². The predicted octanol–water partition coefficient (Wildman–Crippen LogP) is 2.69. The molecule has 0 amide bonds. The number of nitrogens with one attached hydrogen (secondary N) is 1. The van der Waals surface area contributed by atoms with Crippen LogP contribution in [-0.4, -0.2) is 48.6 Å². The SMILES string of the molecule is CCC1CN(CC(C)CSC)C(C(C)C)CN1. The fourth-order valence-corrected chi connectivity index (χ4v) is 3.45. The van der Waals surface area contributed by atoms with Crippen molar-refractivity contribution in [2.75, 3.05) is 31.6 Å². The molecule has 1 heterocycles. The van der Waals surface area contributed by atoms with Gasteiger partial charge in [-0.2, -0.15) is 11.8 Å². The minimum atomic E-state index is 0.700. The summed E-state index contributed by atoms with van der Waals surface area (Å²) in [4.78, 5) is 2.73. The Kier molecular flexibility index (Phi) is 6.90. The number of nitrogens with zero attached hydrogens (tertiary/aromatic N) is 1. The molecule has 0 bridgehead atoms. The van der Waals surface area contributed by atoms with Crippen LogP contribution in [-0.2, 0) is 0 Å². The fourth-order valence-electron chi connectivity index (χ4n) is 2.78. The van der Waals surface area contributed by atoms with E-state index in [2.05, 4.69) is 44.2 Å². The molecule has 0 saturated carbocycles. The second kappa shape index (κ2) is 7.65. The summed E-state index contributed by atoms with van der Waals surface area (Å²) in [7, 11) is 0. The standard InChI is InChI=1S/C14H30N2S/c1-6-13-9-16(8-12(4)10-17-5)14(7-15-13)11(2)3/h11-15H,6-10H2,1-5H3. The Morgan fingerprint density at radius 3 is 2.59 bits per heavy atom. The van der Waals surface area contributed by atoms with Crippen molar-refractivity contribution in [1.29, 1.82) is 0 Å². The molecule has 0 spiro atoms. The van der Waals surface area contributed by atoms with Gasteiger partial charge < -0.3 is 5.32 Å². The molecule has 3 heteroatoms. The van der Waals surface area contributed by atoms with Crippen molar-refractivity contribution in [3.63, 3.8) is 0 Å². The zero-order valence-electron chi connectivity index (χ0n) is 12.2. The first-order valence-electron chi connectivity index (χ1n) is 7.04. The van der Waals surface area contributed by atoms with E-state index in [-0.39, 0.29) is 0 Å². The quantitative estimate of drug-likeness (QED) is 0.788. The van der Waals surface area contributed by atoms with Gasteiger partial charge in [-0.1, -0.05) is 27.7 Å². The van der Waals surface area contributed by atoms with E-state index < -0.39 is 0 Å². The van der Waals surface area contributed by atoms with E-state index in [1.165, 1.54) is 31.8 Å². The topological polar surface area (TPSA) is 15.3 Å². The van der Waals surface area contributed by atoms with E-state index in [0.29, 0.717) is 6.04 Å². The molecular weight excluding hydrogens is 228 g/mol. The van der Waals surface area contributed by atoms with Crippen molar-refractivity contribution < 1.29 is 0 Å². The molecule has 3 unspecified atom stereocenters. The van der Waals surface area contributed by atoms with Crippen molar-refractivity contribution in [1.82, 2.24) is 10.2 Å². The molecule has 1 aliphatic heterocycles. The predicted molar refractivity (Wildman–Crippen MR) is 79.8 cm³/mol. The normalized spacial score (nSPS) is 28.6. The second-order valence-electron chi connectivity index (χ2n) is 5.84. The van der Waals surface area contributed by atoms with Gasteiger partial charge in [-0.25, -0.2) is 0 Å². The Balaban J connectivity index is 2.54. The number of hydrogen-bond acceptors (Lipinski definition) is 3. The Morgan fingerprint density at radius 1 is 1.35 bits per heavy atom. The van der Waals surface area contributed by atoms with E-state index in [4.69, 9.17) is 0 Å². The van der Waals surface area contributed by atoms with Gasteiger partial charge in [-0.05, 0) is 30.3 Å². The summed E-state index contributed by atoms with van der Waals surface area (Å²) < 4.78 is 0. The summed E-state index contributed by atoms with van der Waals surface area (Å²) >= 11 is 1.97. The van der Waals surface area contributed by atoms with Crippen LogP contribution in [0.2, 0.25) is 0 Å². The molecule has 1 aliphatic rings. The van der Waals surface area contributed by atoms with E-state index in [9.17, 15) is 0 Å². The van der Waals surface area contributed by atoms with Gasteiger partial charge in [0.1, 0.15) is 0 Å². The monoisotopic (exact) mass is 258 g/mol. The Hall–Kier alpha value is 0.270. The van der Waals surface area contributed by atoms with Crippen molar-refractivity contribution in [3.8, 4) is 0 Å². The minimum Gasteiger partial charge on any atom is -0.311 e. The number of thioether (sulfide) groups is 1. The minimum absolute atomic E-state index is 0.700. The maximum atomic E-state index is 3.69. The molecule has 1 N–H and O–H groups in total. The lowest BCUT2D eigenvalue weighted by atomic mass is 9.96. The van der Waals surface area contributed by atoms with Gasteiger partial charge >= 0.3 is 0 Å². The Morgan fingerprint density at radius 2 is 2.06 bits per heavy atom. The van der Waals surface area contributed by atoms with Crippen molar-refractivity contribution >= 4 is 11.8 Å². The highest BCUT2D eigenvalue weighted by Crippen LogP contribution is 2.19. The van der Waals surface area contributed by atoms with Gasteiger partial charge in [0.2, 0.25) is 0 Å². The number of hydrogen-bond donors (Lipinski definition) is 1. The van der Waals surface area contributed by atoms with Gasteiger partial charge in [-0.3, -0.25) is 4.90 Å². The van der Waals surface area contributed by atoms with Crippen LogP contribution in [0.15, 0.2) is 0 Å². The third kappa shape index (κ3) is 4.80. The molecule has 1 rings (SSSR count). The summed E-state index contributed by atoms with van der Waals surface area (Å²) in [5.74, 6) is 2.84. The first kappa shape index (κ1) is 15.3. The molecule has 0 radical (unpaired) electrons. The highest BCUT2D eigenvalue weighted by molar-refractivity contribution is 7.98. The molecule has 0 aromatic rings. The van der Waals surface area contributed by atoms with E-state index in [0.717, 1.165) is 17.9 Å². The molecule has 0 aliphatic carbocycles. The van der Waals surface area contributed by atoms with Gasteiger partial charge in [0.15, 0.2) is 0 Å².